The third kappa shape index (κ3) is 4.97. The monoisotopic (exact) mass is 416 g/mol. The molecule has 2 aromatic carbocycles. The minimum atomic E-state index is -3.68. The lowest BCUT2D eigenvalue weighted by atomic mass is 10.1. The highest BCUT2D eigenvalue weighted by molar-refractivity contribution is 7.89. The lowest BCUT2D eigenvalue weighted by Gasteiger charge is -2.31. The molecule has 1 aliphatic heterocycles. The number of nitrogens with zero attached hydrogens (tertiary/aromatic N) is 2. The summed E-state index contributed by atoms with van der Waals surface area (Å²) in [6.07, 6.45) is 3.57. The van der Waals surface area contributed by atoms with E-state index in [2.05, 4.69) is 11.0 Å². The van der Waals surface area contributed by atoms with Crippen molar-refractivity contribution in [1.82, 2.24) is 4.31 Å². The Morgan fingerprint density at radius 2 is 1.69 bits per heavy atom. The smallest absolute Gasteiger partial charge is 0.338 e. The lowest BCUT2D eigenvalue weighted by molar-refractivity contribution is 0.0526. The van der Waals surface area contributed by atoms with Gasteiger partial charge in [0.05, 0.1) is 17.1 Å². The maximum absolute atomic E-state index is 13.0. The Labute approximate surface area is 173 Å². The van der Waals surface area contributed by atoms with Crippen LogP contribution in [0.2, 0.25) is 0 Å². The van der Waals surface area contributed by atoms with Crippen molar-refractivity contribution in [2.24, 2.45) is 0 Å². The van der Waals surface area contributed by atoms with Crippen molar-refractivity contribution < 1.29 is 17.9 Å². The summed E-state index contributed by atoms with van der Waals surface area (Å²) in [5.74, 6) is -0.458. The predicted octanol–water partition coefficient (Wildman–Crippen LogP) is 3.67. The fourth-order valence-corrected chi connectivity index (χ4v) is 4.72. The average Bonchev–Trinajstić information content (AvgIpc) is 2.75. The Balaban J connectivity index is 1.78. The van der Waals surface area contributed by atoms with Crippen molar-refractivity contribution in [3.63, 3.8) is 0 Å². The van der Waals surface area contributed by atoms with Gasteiger partial charge in [0.15, 0.2) is 0 Å². The number of anilines is 1. The van der Waals surface area contributed by atoms with E-state index >= 15 is 0 Å². The number of rotatable bonds is 7. The zero-order chi connectivity index (χ0) is 20.9. The molecule has 0 saturated carbocycles. The van der Waals surface area contributed by atoms with Gasteiger partial charge in [-0.15, -0.1) is 0 Å². The Hall–Kier alpha value is -2.38. The SMILES string of the molecule is CCOC(=O)c1ccc(S(=O)(=O)N(C)Cc2ccccc2N2CCCCC2)cc1. The van der Waals surface area contributed by atoms with Crippen LogP contribution in [0.1, 0.15) is 42.1 Å². The zero-order valence-electron chi connectivity index (χ0n) is 17.0. The maximum atomic E-state index is 13.0. The molecular formula is C22H28N2O4S. The van der Waals surface area contributed by atoms with Crippen molar-refractivity contribution >= 4 is 21.7 Å². The van der Waals surface area contributed by atoms with Gasteiger partial charge >= 0.3 is 5.97 Å². The van der Waals surface area contributed by atoms with Gasteiger partial charge in [0, 0.05) is 32.4 Å². The van der Waals surface area contributed by atoms with Gasteiger partial charge in [-0.25, -0.2) is 13.2 Å². The van der Waals surface area contributed by atoms with Gasteiger partial charge in [-0.05, 0) is 62.1 Å². The number of hydrogen-bond donors (Lipinski definition) is 0. The topological polar surface area (TPSA) is 66.9 Å². The molecule has 1 saturated heterocycles. The van der Waals surface area contributed by atoms with Gasteiger partial charge in [0.1, 0.15) is 0 Å². The molecular weight excluding hydrogens is 388 g/mol. The molecule has 0 bridgehead atoms. The quantitative estimate of drug-likeness (QED) is 0.644. The Morgan fingerprint density at radius 3 is 2.34 bits per heavy atom. The number of hydrogen-bond acceptors (Lipinski definition) is 5. The first-order chi connectivity index (χ1) is 13.9. The molecule has 6 nitrogen and oxygen atoms in total. The number of benzene rings is 2. The minimum absolute atomic E-state index is 0.156. The number of carbonyl (C=O) groups excluding carboxylic acids is 1. The van der Waals surface area contributed by atoms with Crippen LogP contribution in [-0.2, 0) is 21.3 Å². The zero-order valence-corrected chi connectivity index (χ0v) is 17.8. The van der Waals surface area contributed by atoms with E-state index in [1.165, 1.54) is 35.0 Å². The lowest BCUT2D eigenvalue weighted by Crippen LogP contribution is -2.32. The van der Waals surface area contributed by atoms with Crippen LogP contribution < -0.4 is 4.90 Å². The van der Waals surface area contributed by atoms with Crippen LogP contribution in [-0.4, -0.2) is 45.4 Å². The predicted molar refractivity (Wildman–Crippen MR) is 114 cm³/mol. The van der Waals surface area contributed by atoms with Crippen LogP contribution in [0, 0.1) is 0 Å². The summed E-state index contributed by atoms with van der Waals surface area (Å²) in [4.78, 5) is 14.3. The minimum Gasteiger partial charge on any atom is -0.462 e. The summed E-state index contributed by atoms with van der Waals surface area (Å²) < 4.78 is 32.4. The molecule has 0 unspecified atom stereocenters. The summed E-state index contributed by atoms with van der Waals surface area (Å²) in [6.45, 7) is 4.30. The highest BCUT2D eigenvalue weighted by atomic mass is 32.2. The number of piperidine rings is 1. The molecule has 156 valence electrons. The van der Waals surface area contributed by atoms with E-state index in [4.69, 9.17) is 4.74 Å². The van der Waals surface area contributed by atoms with Gasteiger partial charge in [0.25, 0.3) is 0 Å². The third-order valence-corrected chi connectivity index (χ3v) is 6.97. The second kappa shape index (κ2) is 9.41. The van der Waals surface area contributed by atoms with Gasteiger partial charge in [-0.2, -0.15) is 4.31 Å². The standard InChI is InChI=1S/C22H28N2O4S/c1-3-28-22(25)18-11-13-20(14-12-18)29(26,27)23(2)17-19-9-5-6-10-21(19)24-15-7-4-8-16-24/h5-6,9-14H,3-4,7-8,15-17H2,1-2H3. The molecule has 0 atom stereocenters. The van der Waals surface area contributed by atoms with Gasteiger partial charge in [-0.3, -0.25) is 0 Å². The number of sulfonamides is 1. The van der Waals surface area contributed by atoms with Crippen LogP contribution in [0.15, 0.2) is 53.4 Å². The average molecular weight is 417 g/mol. The first-order valence-corrected chi connectivity index (χ1v) is 11.4. The Morgan fingerprint density at radius 1 is 1.03 bits per heavy atom. The van der Waals surface area contributed by atoms with Crippen molar-refractivity contribution in [1.29, 1.82) is 0 Å². The number of esters is 1. The molecule has 0 aliphatic carbocycles. The molecule has 0 amide bonds. The van der Waals surface area contributed by atoms with Crippen LogP contribution in [0.25, 0.3) is 0 Å². The molecule has 1 heterocycles. The molecule has 0 N–H and O–H groups in total. The van der Waals surface area contributed by atoms with Gasteiger partial charge in [0.2, 0.25) is 10.0 Å². The summed E-state index contributed by atoms with van der Waals surface area (Å²) in [7, 11) is -2.09. The second-order valence-corrected chi connectivity index (χ2v) is 9.23. The second-order valence-electron chi connectivity index (χ2n) is 7.18. The van der Waals surface area contributed by atoms with E-state index in [-0.39, 0.29) is 18.0 Å². The highest BCUT2D eigenvalue weighted by Crippen LogP contribution is 2.26. The molecule has 1 aliphatic rings. The molecule has 0 spiro atoms. The number of ether oxygens (including phenoxy) is 1. The van der Waals surface area contributed by atoms with E-state index in [0.717, 1.165) is 37.2 Å². The highest BCUT2D eigenvalue weighted by Gasteiger charge is 2.23. The third-order valence-electron chi connectivity index (χ3n) is 5.16. The van der Waals surface area contributed by atoms with Gasteiger partial charge in [-0.1, -0.05) is 18.2 Å². The van der Waals surface area contributed by atoms with E-state index < -0.39 is 16.0 Å². The van der Waals surface area contributed by atoms with Crippen LogP contribution in [0.3, 0.4) is 0 Å². The fraction of sp³-hybridized carbons (Fsp3) is 0.409. The first-order valence-electron chi connectivity index (χ1n) is 10.00. The summed E-state index contributed by atoms with van der Waals surface area (Å²) >= 11 is 0. The molecule has 1 fully saturated rings. The first kappa shape index (κ1) is 21.3. The largest absolute Gasteiger partial charge is 0.462 e. The van der Waals surface area contributed by atoms with Crippen molar-refractivity contribution in [3.05, 3.63) is 59.7 Å². The summed E-state index contributed by atoms with van der Waals surface area (Å²) in [5, 5.41) is 0. The summed E-state index contributed by atoms with van der Waals surface area (Å²) in [5.41, 5.74) is 2.43. The van der Waals surface area contributed by atoms with E-state index in [9.17, 15) is 13.2 Å². The number of para-hydroxylation sites is 1. The normalized spacial score (nSPS) is 14.8. The van der Waals surface area contributed by atoms with Crippen LogP contribution in [0.4, 0.5) is 5.69 Å². The van der Waals surface area contributed by atoms with Crippen LogP contribution in [0.5, 0.6) is 0 Å². The molecule has 0 aromatic heterocycles. The molecule has 3 rings (SSSR count). The van der Waals surface area contributed by atoms with E-state index in [0.29, 0.717) is 5.56 Å². The molecule has 2 aromatic rings. The molecule has 29 heavy (non-hydrogen) atoms. The van der Waals surface area contributed by atoms with E-state index in [1.807, 2.05) is 18.2 Å². The van der Waals surface area contributed by atoms with Gasteiger partial charge < -0.3 is 9.64 Å². The Bertz CT molecular complexity index is 936. The van der Waals surface area contributed by atoms with Crippen molar-refractivity contribution in [2.75, 3.05) is 31.6 Å². The Kier molecular flexibility index (Phi) is 6.92. The van der Waals surface area contributed by atoms with Crippen molar-refractivity contribution in [3.8, 4) is 0 Å². The molecule has 0 radical (unpaired) electrons. The van der Waals surface area contributed by atoms with Crippen molar-refractivity contribution in [2.45, 2.75) is 37.6 Å². The maximum Gasteiger partial charge on any atom is 0.338 e. The molecule has 7 heteroatoms. The number of carbonyl (C=O) groups is 1. The van der Waals surface area contributed by atoms with E-state index in [1.54, 1.807) is 14.0 Å². The fourth-order valence-electron chi connectivity index (χ4n) is 3.57. The summed E-state index contributed by atoms with van der Waals surface area (Å²) in [6, 6.07) is 13.9. The van der Waals surface area contributed by atoms with Crippen LogP contribution >= 0.6 is 0 Å².